The van der Waals surface area contributed by atoms with Crippen molar-refractivity contribution in [3.8, 4) is 0 Å². The fraction of sp³-hybridized carbons (Fsp3) is 0.462. The molecule has 18 heavy (non-hydrogen) atoms. The maximum Gasteiger partial charge on any atom is 0.133 e. The fourth-order valence-corrected chi connectivity index (χ4v) is 3.04. The minimum atomic E-state index is 0.752. The molecule has 2 heterocycles. The van der Waals surface area contributed by atoms with Crippen molar-refractivity contribution in [2.24, 2.45) is 0 Å². The first-order valence-corrected chi connectivity index (χ1v) is 7.12. The number of aryl methyl sites for hydroxylation is 2. The lowest BCUT2D eigenvalue weighted by atomic mass is 9.96. The SMILES string of the molecule is Cc1cnc(CNc2ncnc3c2CCCC3)s1. The summed E-state index contributed by atoms with van der Waals surface area (Å²) in [5.74, 6) is 0.993. The monoisotopic (exact) mass is 260 g/mol. The highest BCUT2D eigenvalue weighted by Gasteiger charge is 2.15. The molecular formula is C13H16N4S. The highest BCUT2D eigenvalue weighted by atomic mass is 32.1. The quantitative estimate of drug-likeness (QED) is 0.922. The van der Waals surface area contributed by atoms with Gasteiger partial charge in [0.2, 0.25) is 0 Å². The summed E-state index contributed by atoms with van der Waals surface area (Å²) in [5.41, 5.74) is 2.52. The number of hydrogen-bond donors (Lipinski definition) is 1. The minimum absolute atomic E-state index is 0.752. The summed E-state index contributed by atoms with van der Waals surface area (Å²) >= 11 is 1.73. The number of fused-ring (bicyclic) bond motifs is 1. The van der Waals surface area contributed by atoms with Gasteiger partial charge in [0.15, 0.2) is 0 Å². The van der Waals surface area contributed by atoms with Gasteiger partial charge < -0.3 is 5.32 Å². The number of rotatable bonds is 3. The van der Waals surface area contributed by atoms with E-state index < -0.39 is 0 Å². The van der Waals surface area contributed by atoms with Crippen LogP contribution in [0.5, 0.6) is 0 Å². The van der Waals surface area contributed by atoms with E-state index in [1.54, 1.807) is 17.7 Å². The van der Waals surface area contributed by atoms with Gasteiger partial charge in [0.1, 0.15) is 17.2 Å². The summed E-state index contributed by atoms with van der Waals surface area (Å²) < 4.78 is 0. The molecule has 0 aliphatic heterocycles. The number of aromatic nitrogens is 3. The summed E-state index contributed by atoms with van der Waals surface area (Å²) in [6, 6.07) is 0. The number of thiazole rings is 1. The van der Waals surface area contributed by atoms with Gasteiger partial charge >= 0.3 is 0 Å². The third kappa shape index (κ3) is 2.36. The van der Waals surface area contributed by atoms with Gasteiger partial charge in [0.25, 0.3) is 0 Å². The molecule has 0 aromatic carbocycles. The van der Waals surface area contributed by atoms with E-state index in [0.717, 1.165) is 30.2 Å². The van der Waals surface area contributed by atoms with Crippen LogP contribution in [0, 0.1) is 6.92 Å². The number of nitrogens with zero attached hydrogens (tertiary/aromatic N) is 3. The lowest BCUT2D eigenvalue weighted by Gasteiger charge is -2.17. The van der Waals surface area contributed by atoms with Gasteiger partial charge in [-0.3, -0.25) is 0 Å². The fourth-order valence-electron chi connectivity index (χ4n) is 2.32. The van der Waals surface area contributed by atoms with Crippen LogP contribution in [0.2, 0.25) is 0 Å². The second-order valence-corrected chi connectivity index (χ2v) is 5.89. The summed E-state index contributed by atoms with van der Waals surface area (Å²) in [5, 5.41) is 4.51. The third-order valence-electron chi connectivity index (χ3n) is 3.20. The molecule has 0 saturated heterocycles. The molecule has 1 aliphatic rings. The third-order valence-corrected chi connectivity index (χ3v) is 4.11. The van der Waals surface area contributed by atoms with E-state index in [1.807, 2.05) is 6.20 Å². The van der Waals surface area contributed by atoms with E-state index in [0.29, 0.717) is 0 Å². The number of anilines is 1. The van der Waals surface area contributed by atoms with Crippen molar-refractivity contribution in [3.05, 3.63) is 33.7 Å². The zero-order valence-corrected chi connectivity index (χ0v) is 11.3. The van der Waals surface area contributed by atoms with Crippen LogP contribution in [0.1, 0.15) is 34.0 Å². The van der Waals surface area contributed by atoms with Gasteiger partial charge in [-0.15, -0.1) is 11.3 Å². The zero-order chi connectivity index (χ0) is 12.4. The molecule has 4 nitrogen and oxygen atoms in total. The van der Waals surface area contributed by atoms with Crippen molar-refractivity contribution in [1.29, 1.82) is 0 Å². The lowest BCUT2D eigenvalue weighted by Crippen LogP contribution is -2.11. The normalized spacial score (nSPS) is 14.3. The minimum Gasteiger partial charge on any atom is -0.363 e. The molecule has 0 spiro atoms. The maximum absolute atomic E-state index is 4.37. The zero-order valence-electron chi connectivity index (χ0n) is 10.4. The van der Waals surface area contributed by atoms with E-state index in [1.165, 1.54) is 29.0 Å². The van der Waals surface area contributed by atoms with Gasteiger partial charge in [0, 0.05) is 22.3 Å². The van der Waals surface area contributed by atoms with Crippen LogP contribution < -0.4 is 5.32 Å². The van der Waals surface area contributed by atoms with Crippen LogP contribution in [0.15, 0.2) is 12.5 Å². The molecule has 94 valence electrons. The summed E-state index contributed by atoms with van der Waals surface area (Å²) in [6.07, 6.45) is 8.25. The average molecular weight is 260 g/mol. The molecule has 2 aromatic heterocycles. The van der Waals surface area contributed by atoms with Crippen molar-refractivity contribution >= 4 is 17.2 Å². The molecule has 0 atom stereocenters. The Bertz CT molecular complexity index is 550. The van der Waals surface area contributed by atoms with E-state index in [-0.39, 0.29) is 0 Å². The predicted octanol–water partition coefficient (Wildman–Crippen LogP) is 2.73. The van der Waals surface area contributed by atoms with Gasteiger partial charge in [-0.2, -0.15) is 0 Å². The van der Waals surface area contributed by atoms with Gasteiger partial charge in [0.05, 0.1) is 6.54 Å². The van der Waals surface area contributed by atoms with Crippen molar-refractivity contribution in [2.45, 2.75) is 39.2 Å². The highest BCUT2D eigenvalue weighted by Crippen LogP contribution is 2.24. The molecule has 0 bridgehead atoms. The molecule has 2 aromatic rings. The predicted molar refractivity (Wildman–Crippen MR) is 72.9 cm³/mol. The summed E-state index contributed by atoms with van der Waals surface area (Å²) in [6.45, 7) is 2.83. The van der Waals surface area contributed by atoms with E-state index in [2.05, 4.69) is 27.2 Å². The Kier molecular flexibility index (Phi) is 3.23. The van der Waals surface area contributed by atoms with Crippen molar-refractivity contribution in [3.63, 3.8) is 0 Å². The molecule has 0 unspecified atom stereocenters. The lowest BCUT2D eigenvalue weighted by molar-refractivity contribution is 0.663. The maximum atomic E-state index is 4.37. The Morgan fingerprint density at radius 1 is 1.22 bits per heavy atom. The Morgan fingerprint density at radius 2 is 2.11 bits per heavy atom. The molecular weight excluding hydrogens is 244 g/mol. The molecule has 3 rings (SSSR count). The standard InChI is InChI=1S/C13H16N4S/c1-9-6-14-12(18-9)7-15-13-10-4-2-3-5-11(10)16-8-17-13/h6,8H,2-5,7H2,1H3,(H,15,16,17). The molecule has 5 heteroatoms. The van der Waals surface area contributed by atoms with Crippen LogP contribution in [0.3, 0.4) is 0 Å². The van der Waals surface area contributed by atoms with E-state index in [4.69, 9.17) is 0 Å². The molecule has 1 aliphatic carbocycles. The molecule has 1 N–H and O–H groups in total. The number of hydrogen-bond acceptors (Lipinski definition) is 5. The van der Waals surface area contributed by atoms with E-state index in [9.17, 15) is 0 Å². The van der Waals surface area contributed by atoms with Crippen molar-refractivity contribution in [1.82, 2.24) is 15.0 Å². The Labute approximate surface area is 111 Å². The molecule has 0 fully saturated rings. The largest absolute Gasteiger partial charge is 0.363 e. The van der Waals surface area contributed by atoms with Gasteiger partial charge in [-0.05, 0) is 32.6 Å². The Balaban J connectivity index is 1.76. The molecule has 0 radical (unpaired) electrons. The Morgan fingerprint density at radius 3 is 2.94 bits per heavy atom. The molecule has 0 saturated carbocycles. The van der Waals surface area contributed by atoms with Crippen LogP contribution in [-0.2, 0) is 19.4 Å². The highest BCUT2D eigenvalue weighted by molar-refractivity contribution is 7.11. The summed E-state index contributed by atoms with van der Waals surface area (Å²) in [4.78, 5) is 14.3. The smallest absolute Gasteiger partial charge is 0.133 e. The van der Waals surface area contributed by atoms with Crippen LogP contribution in [0.4, 0.5) is 5.82 Å². The molecule has 0 amide bonds. The van der Waals surface area contributed by atoms with E-state index >= 15 is 0 Å². The first-order chi connectivity index (χ1) is 8.83. The van der Waals surface area contributed by atoms with Crippen LogP contribution >= 0.6 is 11.3 Å². The number of nitrogens with one attached hydrogen (secondary N) is 1. The first kappa shape index (κ1) is 11.6. The average Bonchev–Trinajstić information content (AvgIpc) is 2.82. The van der Waals surface area contributed by atoms with Gasteiger partial charge in [-0.1, -0.05) is 0 Å². The van der Waals surface area contributed by atoms with Crippen molar-refractivity contribution in [2.75, 3.05) is 5.32 Å². The first-order valence-electron chi connectivity index (χ1n) is 6.31. The second kappa shape index (κ2) is 5.02. The van der Waals surface area contributed by atoms with Crippen LogP contribution in [-0.4, -0.2) is 15.0 Å². The summed E-state index contributed by atoms with van der Waals surface area (Å²) in [7, 11) is 0. The Hall–Kier alpha value is -1.49. The second-order valence-electron chi connectivity index (χ2n) is 4.57. The van der Waals surface area contributed by atoms with Crippen molar-refractivity contribution < 1.29 is 0 Å². The topological polar surface area (TPSA) is 50.7 Å². The van der Waals surface area contributed by atoms with Gasteiger partial charge in [-0.25, -0.2) is 15.0 Å². The van der Waals surface area contributed by atoms with Crippen LogP contribution in [0.25, 0.3) is 0 Å².